The first-order valence-corrected chi connectivity index (χ1v) is 10.6. The zero-order chi connectivity index (χ0) is 22.4. The zero-order valence-electron chi connectivity index (χ0n) is 17.5. The quantitative estimate of drug-likeness (QED) is 0.447. The molecule has 3 amide bonds. The molecule has 2 bridgehead atoms. The van der Waals surface area contributed by atoms with Gasteiger partial charge in [-0.1, -0.05) is 30.4 Å². The lowest BCUT2D eigenvalue weighted by atomic mass is 9.85. The third-order valence-electron chi connectivity index (χ3n) is 6.45. The molecule has 0 radical (unpaired) electrons. The van der Waals surface area contributed by atoms with Gasteiger partial charge < -0.3 is 10.1 Å². The van der Waals surface area contributed by atoms with E-state index in [2.05, 4.69) is 5.32 Å². The van der Waals surface area contributed by atoms with Gasteiger partial charge in [0.1, 0.15) is 0 Å². The average Bonchev–Trinajstić information content (AvgIpc) is 3.46. The number of hydrogen-bond donors (Lipinski definition) is 1. The predicted octanol–water partition coefficient (Wildman–Crippen LogP) is 3.10. The van der Waals surface area contributed by atoms with Gasteiger partial charge in [0.05, 0.1) is 23.1 Å². The van der Waals surface area contributed by atoms with Crippen LogP contribution in [0.4, 0.5) is 11.4 Å². The molecule has 5 rings (SSSR count). The molecular weight excluding hydrogens is 408 g/mol. The Morgan fingerprint density at radius 1 is 1.00 bits per heavy atom. The molecule has 0 spiro atoms. The SMILES string of the molecule is Cc1cccc(NC(=O)COC(=O)c2cccc(N3C(=O)[C@H]4[C@H](C3=O)[C@H]3C=C[C@H]4C3)c2)c1. The van der Waals surface area contributed by atoms with Crippen LogP contribution in [-0.4, -0.2) is 30.3 Å². The normalized spacial score (nSPS) is 25.2. The largest absolute Gasteiger partial charge is 0.452 e. The number of rotatable bonds is 5. The van der Waals surface area contributed by atoms with Gasteiger partial charge in [0.2, 0.25) is 11.8 Å². The lowest BCUT2D eigenvalue weighted by molar-refractivity contribution is -0.123. The Labute approximate surface area is 185 Å². The Bertz CT molecular complexity index is 1140. The van der Waals surface area contributed by atoms with E-state index in [4.69, 9.17) is 4.74 Å². The Morgan fingerprint density at radius 2 is 1.69 bits per heavy atom. The molecule has 2 aliphatic carbocycles. The van der Waals surface area contributed by atoms with Crippen molar-refractivity contribution in [3.63, 3.8) is 0 Å². The molecule has 3 aliphatic rings. The number of hydrogen-bond acceptors (Lipinski definition) is 5. The standard InChI is InChI=1S/C25H22N2O5/c1-14-4-2-6-18(10-14)26-20(28)13-32-25(31)17-5-3-7-19(12-17)27-23(29)21-15-8-9-16(11-15)22(21)24(27)30/h2-10,12,15-16,21-22H,11,13H2,1H3,(H,26,28)/t15-,16-,21+,22+/m0/s1. The van der Waals surface area contributed by atoms with E-state index in [1.165, 1.54) is 17.0 Å². The van der Waals surface area contributed by atoms with Crippen LogP contribution in [0.2, 0.25) is 0 Å². The van der Waals surface area contributed by atoms with E-state index < -0.39 is 18.5 Å². The minimum atomic E-state index is -0.702. The molecule has 162 valence electrons. The maximum Gasteiger partial charge on any atom is 0.338 e. The van der Waals surface area contributed by atoms with E-state index >= 15 is 0 Å². The highest BCUT2D eigenvalue weighted by Crippen LogP contribution is 2.53. The van der Waals surface area contributed by atoms with Crippen LogP contribution in [0.15, 0.2) is 60.7 Å². The number of allylic oxidation sites excluding steroid dienone is 2. The molecular formula is C25H22N2O5. The molecule has 32 heavy (non-hydrogen) atoms. The molecule has 0 aromatic heterocycles. The van der Waals surface area contributed by atoms with Crippen LogP contribution in [0.5, 0.6) is 0 Å². The highest BCUT2D eigenvalue weighted by molar-refractivity contribution is 6.23. The summed E-state index contributed by atoms with van der Waals surface area (Å²) in [6.07, 6.45) is 4.93. The van der Waals surface area contributed by atoms with Crippen molar-refractivity contribution in [3.05, 3.63) is 71.8 Å². The second-order valence-electron chi connectivity index (χ2n) is 8.56. The van der Waals surface area contributed by atoms with Crippen LogP contribution < -0.4 is 10.2 Å². The maximum atomic E-state index is 13.0. The summed E-state index contributed by atoms with van der Waals surface area (Å²) in [5, 5.41) is 2.67. The lowest BCUT2D eigenvalue weighted by Crippen LogP contribution is -2.33. The van der Waals surface area contributed by atoms with Crippen molar-refractivity contribution in [1.82, 2.24) is 0 Å². The van der Waals surface area contributed by atoms with Crippen molar-refractivity contribution in [3.8, 4) is 0 Å². The van der Waals surface area contributed by atoms with Gasteiger partial charge in [0.15, 0.2) is 6.61 Å². The predicted molar refractivity (Wildman–Crippen MR) is 117 cm³/mol. The van der Waals surface area contributed by atoms with Gasteiger partial charge in [-0.2, -0.15) is 0 Å². The molecule has 2 aromatic carbocycles. The number of carbonyl (C=O) groups is 4. The highest BCUT2D eigenvalue weighted by atomic mass is 16.5. The van der Waals surface area contributed by atoms with Crippen LogP contribution in [0.1, 0.15) is 22.3 Å². The van der Waals surface area contributed by atoms with E-state index in [9.17, 15) is 19.2 Å². The number of ether oxygens (including phenoxy) is 1. The average molecular weight is 430 g/mol. The van der Waals surface area contributed by atoms with Gasteiger partial charge in [0, 0.05) is 5.69 Å². The van der Waals surface area contributed by atoms with Crippen molar-refractivity contribution < 1.29 is 23.9 Å². The first-order valence-electron chi connectivity index (χ1n) is 10.6. The summed E-state index contributed by atoms with van der Waals surface area (Å²) in [6.45, 7) is 1.46. The number of amides is 3. The molecule has 1 saturated heterocycles. The fourth-order valence-corrected chi connectivity index (χ4v) is 5.06. The molecule has 1 aliphatic heterocycles. The van der Waals surface area contributed by atoms with Gasteiger partial charge in [-0.25, -0.2) is 9.69 Å². The molecule has 2 fully saturated rings. The van der Waals surface area contributed by atoms with Crippen molar-refractivity contribution in [2.45, 2.75) is 13.3 Å². The second-order valence-corrected chi connectivity index (χ2v) is 8.56. The second kappa shape index (κ2) is 7.75. The number of imide groups is 1. The molecule has 7 nitrogen and oxygen atoms in total. The fourth-order valence-electron chi connectivity index (χ4n) is 5.06. The molecule has 1 heterocycles. The Balaban J connectivity index is 1.25. The number of nitrogens with one attached hydrogen (secondary N) is 1. The van der Waals surface area contributed by atoms with E-state index in [0.717, 1.165) is 12.0 Å². The first kappa shape index (κ1) is 20.2. The third kappa shape index (κ3) is 3.39. The molecule has 2 aromatic rings. The molecule has 1 saturated carbocycles. The lowest BCUT2D eigenvalue weighted by Gasteiger charge is -2.18. The minimum absolute atomic E-state index is 0.117. The summed E-state index contributed by atoms with van der Waals surface area (Å²) in [5.74, 6) is -1.96. The summed E-state index contributed by atoms with van der Waals surface area (Å²) >= 11 is 0. The number of anilines is 2. The first-order chi connectivity index (χ1) is 15.4. The number of nitrogens with zero attached hydrogens (tertiary/aromatic N) is 1. The van der Waals surface area contributed by atoms with Crippen LogP contribution in [0, 0.1) is 30.6 Å². The van der Waals surface area contributed by atoms with Crippen molar-refractivity contribution >= 4 is 35.1 Å². The van der Waals surface area contributed by atoms with Crippen LogP contribution in [0.3, 0.4) is 0 Å². The smallest absolute Gasteiger partial charge is 0.338 e. The summed E-state index contributed by atoms with van der Waals surface area (Å²) in [5.41, 5.74) is 2.14. The van der Waals surface area contributed by atoms with Gasteiger partial charge in [-0.05, 0) is 61.1 Å². The molecule has 4 atom stereocenters. The Kier molecular flexibility index (Phi) is 4.89. The number of aryl methyl sites for hydroxylation is 1. The van der Waals surface area contributed by atoms with Crippen LogP contribution in [-0.2, 0) is 19.1 Å². The third-order valence-corrected chi connectivity index (χ3v) is 6.45. The summed E-state index contributed by atoms with van der Waals surface area (Å²) in [6, 6.07) is 13.5. The fraction of sp³-hybridized carbons (Fsp3) is 0.280. The van der Waals surface area contributed by atoms with Crippen molar-refractivity contribution in [2.75, 3.05) is 16.8 Å². The van der Waals surface area contributed by atoms with Crippen molar-refractivity contribution in [1.29, 1.82) is 0 Å². The van der Waals surface area contributed by atoms with Gasteiger partial charge in [-0.3, -0.25) is 14.4 Å². The van der Waals surface area contributed by atoms with Gasteiger partial charge in [0.25, 0.3) is 5.91 Å². The molecule has 1 N–H and O–H groups in total. The maximum absolute atomic E-state index is 13.0. The number of carbonyl (C=O) groups excluding carboxylic acids is 4. The van der Waals surface area contributed by atoms with Crippen LogP contribution in [0.25, 0.3) is 0 Å². The van der Waals surface area contributed by atoms with E-state index in [1.54, 1.807) is 18.2 Å². The highest BCUT2D eigenvalue weighted by Gasteiger charge is 2.59. The number of fused-ring (bicyclic) bond motifs is 5. The zero-order valence-corrected chi connectivity index (χ0v) is 17.5. The number of benzene rings is 2. The van der Waals surface area contributed by atoms with Gasteiger partial charge >= 0.3 is 5.97 Å². The van der Waals surface area contributed by atoms with E-state index in [-0.39, 0.29) is 41.0 Å². The Hall–Kier alpha value is -3.74. The summed E-state index contributed by atoms with van der Waals surface area (Å²) in [7, 11) is 0. The van der Waals surface area contributed by atoms with Crippen LogP contribution >= 0.6 is 0 Å². The summed E-state index contributed by atoms with van der Waals surface area (Å²) in [4.78, 5) is 51.8. The van der Waals surface area contributed by atoms with Crippen molar-refractivity contribution in [2.24, 2.45) is 23.7 Å². The van der Waals surface area contributed by atoms with E-state index in [1.807, 2.05) is 37.3 Å². The molecule has 7 heteroatoms. The van der Waals surface area contributed by atoms with E-state index in [0.29, 0.717) is 11.4 Å². The molecule has 0 unspecified atom stereocenters. The summed E-state index contributed by atoms with van der Waals surface area (Å²) < 4.78 is 5.13. The Morgan fingerprint density at radius 3 is 2.38 bits per heavy atom. The minimum Gasteiger partial charge on any atom is -0.452 e. The monoisotopic (exact) mass is 430 g/mol. The number of esters is 1. The topological polar surface area (TPSA) is 92.8 Å². The van der Waals surface area contributed by atoms with Gasteiger partial charge in [-0.15, -0.1) is 0 Å².